The van der Waals surface area contributed by atoms with Crippen LogP contribution in [0, 0.1) is 23.7 Å². The van der Waals surface area contributed by atoms with Gasteiger partial charge in [-0.15, -0.1) is 0 Å². The zero-order valence-corrected chi connectivity index (χ0v) is 36.9. The van der Waals surface area contributed by atoms with Gasteiger partial charge in [-0.1, -0.05) is 0 Å². The van der Waals surface area contributed by atoms with E-state index in [1.54, 1.807) is 38.3 Å². The fraction of sp³-hybridized carbons (Fsp3) is 1.00. The summed E-state index contributed by atoms with van der Waals surface area (Å²) in [5, 5.41) is 1.53. The van der Waals surface area contributed by atoms with Crippen LogP contribution in [0.3, 0.4) is 0 Å². The molecule has 5 heteroatoms. The third kappa shape index (κ3) is 0.785. The molecule has 0 amide bonds. The van der Waals surface area contributed by atoms with E-state index in [4.69, 9.17) is 0 Å². The molecule has 0 radical (unpaired) electrons. The van der Waals surface area contributed by atoms with Crippen molar-refractivity contribution in [1.29, 1.82) is 0 Å². The first kappa shape index (κ1) is 28.4. The zero-order valence-electron chi connectivity index (χ0n) is 32.0. The maximum atomic E-state index is 3.05. The number of fused-ring (bicyclic) bond motifs is 10. The third-order valence-corrected chi connectivity index (χ3v) is 97.7. The van der Waals surface area contributed by atoms with E-state index < -0.39 is 22.7 Å². The Labute approximate surface area is 273 Å². The Kier molecular flexibility index (Phi) is 2.69. The Balaban J connectivity index is 1.09. The molecule has 45 heavy (non-hydrogen) atoms. The van der Waals surface area contributed by atoms with Crippen molar-refractivity contribution in [2.75, 3.05) is 12.3 Å². The van der Waals surface area contributed by atoms with Crippen molar-refractivity contribution in [2.45, 2.75) is 200 Å². The van der Waals surface area contributed by atoms with Crippen LogP contribution in [-0.4, -0.2) is 49.6 Å². The minimum absolute atomic E-state index is 0.00140. The van der Waals surface area contributed by atoms with Gasteiger partial charge >= 0.3 is 275 Å². The number of hydrogen-bond acceptors (Lipinski definition) is 0. The molecule has 4 saturated carbocycles. The summed E-state index contributed by atoms with van der Waals surface area (Å²) in [5.41, 5.74) is 1.15. The fourth-order valence-corrected chi connectivity index (χ4v) is 181. The van der Waals surface area contributed by atoms with E-state index in [2.05, 4.69) is 102 Å². The van der Waals surface area contributed by atoms with Gasteiger partial charge in [-0.25, -0.2) is 0 Å². The van der Waals surface area contributed by atoms with Gasteiger partial charge in [-0.05, 0) is 0 Å². The Morgan fingerprint density at radius 2 is 1.04 bits per heavy atom. The van der Waals surface area contributed by atoms with Crippen molar-refractivity contribution in [2.24, 2.45) is 23.7 Å². The SMILES string of the molecule is CC(C)(C)P(C[C]12[C]3(CP(C(C)(C)C)C(C)(C)C)[CH]4[C]5([Si](C)(C)C)[C]1([Si](C)(C)C)[Fe]43251678[CH]2[CH]1[CH]6[CH]7[CH]28)C1C2CC3CC(C2)CC1C3. The fourth-order valence-electron chi connectivity index (χ4n) is 30.8. The molecule has 1 spiro atoms. The molecule has 0 N–H and O–H groups in total. The van der Waals surface area contributed by atoms with Crippen molar-refractivity contribution in [3.8, 4) is 0 Å². The Bertz CT molecular complexity index is 1880. The van der Waals surface area contributed by atoms with Crippen molar-refractivity contribution in [3.05, 3.63) is 0 Å². The first-order valence-corrected chi connectivity index (χ1v) is 36.1. The molecule has 14 aliphatic rings. The Morgan fingerprint density at radius 1 is 0.600 bits per heavy atom. The second-order valence-electron chi connectivity index (χ2n) is 27.3. The average Bonchev–Trinajstić information content (AvgIpc) is 3.77. The average molecular weight is 725 g/mol. The van der Waals surface area contributed by atoms with Crippen molar-refractivity contribution in [3.63, 3.8) is 0 Å². The number of rotatable bonds is 7. The second-order valence-corrected chi connectivity index (χ2v) is 68.7. The molecule has 0 aromatic rings. The first-order valence-electron chi connectivity index (χ1n) is 19.9. The van der Waals surface area contributed by atoms with E-state index in [1.807, 2.05) is 6.16 Å². The molecule has 10 saturated heterocycles. The molecule has 0 nitrogen and oxygen atoms in total. The molecule has 10 aliphatic heterocycles. The molecule has 6 unspecified atom stereocenters. The summed E-state index contributed by atoms with van der Waals surface area (Å²) >= 11 is 0. The molecule has 256 valence electrons. The van der Waals surface area contributed by atoms with Gasteiger partial charge in [0.05, 0.1) is 0 Å². The quantitative estimate of drug-likeness (QED) is 0.181. The minimum atomic E-state index is -4.07. The molecule has 0 aromatic carbocycles. The van der Waals surface area contributed by atoms with Crippen LogP contribution in [-0.2, 0) is 6.51 Å². The van der Waals surface area contributed by atoms with Crippen LogP contribution in [0.15, 0.2) is 0 Å². The summed E-state index contributed by atoms with van der Waals surface area (Å²) in [6.07, 6.45) is 11.9. The van der Waals surface area contributed by atoms with E-state index in [0.717, 1.165) is 45.8 Å². The van der Waals surface area contributed by atoms with Crippen LogP contribution in [0.25, 0.3) is 0 Å². The molecular weight excluding hydrogens is 654 g/mol. The standard InChI is InChI=1S/C35H65P2Si2.C5H5.Fe/c1-33(2,3)36(31-26-17-24-16-25(19-26)20-27(31)18-24)23-29-28(22-37(34(4,5)6)35(7,8)9)21-30(38(10,11)12)32(29)39(13,14)15;1-2-4-5-3-1;/h21,24-27,31H,16-20,22-23H2,1-15H3;1-5H;. The van der Waals surface area contributed by atoms with E-state index in [0.29, 0.717) is 15.5 Å². The molecule has 4 bridgehead atoms. The molecule has 10 heterocycles. The number of hydrogen-bond donors (Lipinski definition) is 0. The van der Waals surface area contributed by atoms with Crippen molar-refractivity contribution >= 4 is 32.0 Å². The van der Waals surface area contributed by atoms with E-state index in [9.17, 15) is 0 Å². The van der Waals surface area contributed by atoms with Gasteiger partial charge in [0.2, 0.25) is 0 Å². The van der Waals surface area contributed by atoms with Crippen LogP contribution < -0.4 is 0 Å². The molecule has 6 atom stereocenters. The molecule has 14 fully saturated rings. The van der Waals surface area contributed by atoms with Crippen LogP contribution in [0.2, 0.25) is 84.7 Å². The summed E-state index contributed by atoms with van der Waals surface area (Å²) in [4.78, 5) is 8.50. The van der Waals surface area contributed by atoms with Crippen molar-refractivity contribution in [1.82, 2.24) is 0 Å². The van der Waals surface area contributed by atoms with Gasteiger partial charge in [0, 0.05) is 0 Å². The van der Waals surface area contributed by atoms with Gasteiger partial charge < -0.3 is 0 Å². The van der Waals surface area contributed by atoms with Crippen LogP contribution in [0.5, 0.6) is 0 Å². The van der Waals surface area contributed by atoms with Gasteiger partial charge in [0.15, 0.2) is 0 Å². The normalized spacial score (nSPS) is 72.6. The molecular formula is C40H70FeP2Si2. The van der Waals surface area contributed by atoms with Gasteiger partial charge in [-0.2, -0.15) is 0 Å². The van der Waals surface area contributed by atoms with Gasteiger partial charge in [0.1, 0.15) is 0 Å². The predicted octanol–water partition coefficient (Wildman–Crippen LogP) is 13.8. The Hall–Kier alpha value is 1.81. The van der Waals surface area contributed by atoms with Crippen molar-refractivity contribution < 1.29 is 6.51 Å². The van der Waals surface area contributed by atoms with Crippen LogP contribution in [0.4, 0.5) is 0 Å². The first-order chi connectivity index (χ1) is 20.2. The van der Waals surface area contributed by atoms with Gasteiger partial charge in [0.25, 0.3) is 0 Å². The second kappa shape index (κ2) is 4.27. The Morgan fingerprint density at radius 3 is 1.38 bits per heavy atom. The van der Waals surface area contributed by atoms with E-state index >= 15 is 0 Å². The molecule has 0 aromatic heterocycles. The summed E-state index contributed by atoms with van der Waals surface area (Å²) in [6.45, 7) is 38.8. The molecule has 4 aliphatic carbocycles. The zero-order chi connectivity index (χ0) is 32.3. The summed E-state index contributed by atoms with van der Waals surface area (Å²) < 4.78 is 4.03. The predicted molar refractivity (Wildman–Crippen MR) is 204 cm³/mol. The maximum absolute atomic E-state index is 4.07. The topological polar surface area (TPSA) is 0 Å². The van der Waals surface area contributed by atoms with E-state index in [-0.39, 0.29) is 15.8 Å². The van der Waals surface area contributed by atoms with E-state index in [1.165, 1.54) is 28.9 Å². The third-order valence-electron chi connectivity index (χ3n) is 25.7. The molecule has 14 rings (SSSR count). The monoisotopic (exact) mass is 724 g/mol. The van der Waals surface area contributed by atoms with Crippen LogP contribution >= 0.6 is 15.8 Å². The summed E-state index contributed by atoms with van der Waals surface area (Å²) in [6, 6.07) is 0. The van der Waals surface area contributed by atoms with Gasteiger partial charge in [-0.3, -0.25) is 0 Å². The summed E-state index contributed by atoms with van der Waals surface area (Å²) in [7, 11) is -2.66. The summed E-state index contributed by atoms with van der Waals surface area (Å²) in [5.74, 6) is 4.52. The van der Waals surface area contributed by atoms with Crippen LogP contribution in [0.1, 0.15) is 94.4 Å².